The molecule has 2 heterocycles. The summed E-state index contributed by atoms with van der Waals surface area (Å²) in [5.41, 5.74) is 8.85. The molecule has 2 N–H and O–H groups in total. The SMILES string of the molecule is Cc1cc(C)c(CN)c(N2CCS(=O)(=O)CC2)n1. The highest BCUT2D eigenvalue weighted by atomic mass is 32.2. The Labute approximate surface area is 108 Å². The molecule has 1 aliphatic heterocycles. The second-order valence-electron chi connectivity index (χ2n) is 4.73. The van der Waals surface area contributed by atoms with Crippen molar-refractivity contribution in [1.29, 1.82) is 0 Å². The Morgan fingerprint density at radius 3 is 2.50 bits per heavy atom. The van der Waals surface area contributed by atoms with Gasteiger partial charge in [0, 0.05) is 30.9 Å². The van der Waals surface area contributed by atoms with Gasteiger partial charge in [0.2, 0.25) is 0 Å². The molecule has 1 aliphatic rings. The van der Waals surface area contributed by atoms with Crippen molar-refractivity contribution in [2.75, 3.05) is 29.5 Å². The zero-order valence-corrected chi connectivity index (χ0v) is 11.6. The summed E-state index contributed by atoms with van der Waals surface area (Å²) in [7, 11) is -2.86. The average molecular weight is 269 g/mol. The van der Waals surface area contributed by atoms with Crippen LogP contribution < -0.4 is 10.6 Å². The van der Waals surface area contributed by atoms with Crippen LogP contribution in [0.3, 0.4) is 0 Å². The second kappa shape index (κ2) is 4.85. The lowest BCUT2D eigenvalue weighted by Crippen LogP contribution is -2.41. The maximum atomic E-state index is 11.4. The van der Waals surface area contributed by atoms with Gasteiger partial charge in [-0.05, 0) is 25.5 Å². The Kier molecular flexibility index (Phi) is 3.59. The molecule has 1 aromatic heterocycles. The van der Waals surface area contributed by atoms with E-state index in [0.29, 0.717) is 19.6 Å². The van der Waals surface area contributed by atoms with Crippen molar-refractivity contribution in [3.63, 3.8) is 0 Å². The van der Waals surface area contributed by atoms with E-state index in [0.717, 1.165) is 22.6 Å². The lowest BCUT2D eigenvalue weighted by molar-refractivity contribution is 0.586. The van der Waals surface area contributed by atoms with Crippen LogP contribution in [0.25, 0.3) is 0 Å². The number of anilines is 1. The summed E-state index contributed by atoms with van der Waals surface area (Å²) < 4.78 is 22.9. The van der Waals surface area contributed by atoms with Crippen LogP contribution in [-0.4, -0.2) is 38.0 Å². The number of nitrogens with two attached hydrogens (primary N) is 1. The molecular formula is C12H19N3O2S. The molecule has 0 amide bonds. The molecule has 0 atom stereocenters. The third-order valence-electron chi connectivity index (χ3n) is 3.30. The maximum absolute atomic E-state index is 11.4. The first-order valence-electron chi connectivity index (χ1n) is 6.05. The Morgan fingerprint density at radius 2 is 1.94 bits per heavy atom. The van der Waals surface area contributed by atoms with Crippen molar-refractivity contribution in [3.05, 3.63) is 22.9 Å². The summed E-state index contributed by atoms with van der Waals surface area (Å²) in [4.78, 5) is 6.56. The van der Waals surface area contributed by atoms with E-state index in [-0.39, 0.29) is 11.5 Å². The lowest BCUT2D eigenvalue weighted by atomic mass is 10.1. The molecule has 6 heteroatoms. The summed E-state index contributed by atoms with van der Waals surface area (Å²) in [5.74, 6) is 1.25. The van der Waals surface area contributed by atoms with Crippen molar-refractivity contribution in [3.8, 4) is 0 Å². The molecule has 100 valence electrons. The highest BCUT2D eigenvalue weighted by Crippen LogP contribution is 2.23. The van der Waals surface area contributed by atoms with Gasteiger partial charge in [0.25, 0.3) is 0 Å². The molecule has 1 fully saturated rings. The molecule has 5 nitrogen and oxygen atoms in total. The number of sulfone groups is 1. The van der Waals surface area contributed by atoms with Gasteiger partial charge in [0.05, 0.1) is 11.5 Å². The molecule has 0 saturated carbocycles. The number of hydrogen-bond donors (Lipinski definition) is 1. The van der Waals surface area contributed by atoms with E-state index in [1.807, 2.05) is 24.8 Å². The number of nitrogens with zero attached hydrogens (tertiary/aromatic N) is 2. The largest absolute Gasteiger partial charge is 0.354 e. The van der Waals surface area contributed by atoms with E-state index in [4.69, 9.17) is 5.73 Å². The van der Waals surface area contributed by atoms with E-state index < -0.39 is 9.84 Å². The fraction of sp³-hybridized carbons (Fsp3) is 0.583. The summed E-state index contributed by atoms with van der Waals surface area (Å²) in [6.45, 7) is 5.40. The van der Waals surface area contributed by atoms with Gasteiger partial charge < -0.3 is 10.6 Å². The van der Waals surface area contributed by atoms with Gasteiger partial charge in [0.1, 0.15) is 5.82 Å². The van der Waals surface area contributed by atoms with E-state index in [9.17, 15) is 8.42 Å². The Morgan fingerprint density at radius 1 is 1.33 bits per heavy atom. The van der Waals surface area contributed by atoms with E-state index in [2.05, 4.69) is 4.98 Å². The molecule has 0 aromatic carbocycles. The third-order valence-corrected chi connectivity index (χ3v) is 4.91. The van der Waals surface area contributed by atoms with Crippen molar-refractivity contribution in [2.45, 2.75) is 20.4 Å². The number of hydrogen-bond acceptors (Lipinski definition) is 5. The predicted octanol–water partition coefficient (Wildman–Crippen LogP) is 0.392. The van der Waals surface area contributed by atoms with Crippen LogP contribution in [-0.2, 0) is 16.4 Å². The van der Waals surface area contributed by atoms with Crippen molar-refractivity contribution < 1.29 is 8.42 Å². The van der Waals surface area contributed by atoms with Crippen LogP contribution in [0, 0.1) is 13.8 Å². The van der Waals surface area contributed by atoms with Gasteiger partial charge in [-0.3, -0.25) is 0 Å². The van der Waals surface area contributed by atoms with Gasteiger partial charge in [-0.25, -0.2) is 13.4 Å². The molecular weight excluding hydrogens is 250 g/mol. The van der Waals surface area contributed by atoms with Gasteiger partial charge in [-0.1, -0.05) is 0 Å². The second-order valence-corrected chi connectivity index (χ2v) is 7.03. The minimum Gasteiger partial charge on any atom is -0.354 e. The van der Waals surface area contributed by atoms with Gasteiger partial charge in [-0.2, -0.15) is 0 Å². The monoisotopic (exact) mass is 269 g/mol. The van der Waals surface area contributed by atoms with Gasteiger partial charge >= 0.3 is 0 Å². The van der Waals surface area contributed by atoms with Crippen molar-refractivity contribution in [2.24, 2.45) is 5.73 Å². The third kappa shape index (κ3) is 2.64. The van der Waals surface area contributed by atoms with E-state index in [1.165, 1.54) is 0 Å². The Hall–Kier alpha value is -1.14. The van der Waals surface area contributed by atoms with E-state index in [1.54, 1.807) is 0 Å². The summed E-state index contributed by atoms with van der Waals surface area (Å²) >= 11 is 0. The van der Waals surface area contributed by atoms with Crippen LogP contribution in [0.2, 0.25) is 0 Å². The Bertz CT molecular complexity index is 541. The highest BCUT2D eigenvalue weighted by molar-refractivity contribution is 7.91. The quantitative estimate of drug-likeness (QED) is 0.840. The highest BCUT2D eigenvalue weighted by Gasteiger charge is 2.24. The van der Waals surface area contributed by atoms with Crippen LogP contribution >= 0.6 is 0 Å². The fourth-order valence-corrected chi connectivity index (χ4v) is 3.48. The molecule has 0 bridgehead atoms. The van der Waals surface area contributed by atoms with Gasteiger partial charge in [-0.15, -0.1) is 0 Å². The van der Waals surface area contributed by atoms with Crippen molar-refractivity contribution in [1.82, 2.24) is 4.98 Å². The molecule has 1 saturated heterocycles. The summed E-state index contributed by atoms with van der Waals surface area (Å²) in [6.07, 6.45) is 0. The molecule has 2 rings (SSSR count). The molecule has 0 aliphatic carbocycles. The van der Waals surface area contributed by atoms with Crippen LogP contribution in [0.4, 0.5) is 5.82 Å². The number of aryl methyl sites for hydroxylation is 2. The number of rotatable bonds is 2. The standard InChI is InChI=1S/C12H19N3O2S/c1-9-7-10(2)14-12(11(9)8-13)15-3-5-18(16,17)6-4-15/h7H,3-6,8,13H2,1-2H3. The van der Waals surface area contributed by atoms with Crippen LogP contribution in [0.1, 0.15) is 16.8 Å². The van der Waals surface area contributed by atoms with Crippen LogP contribution in [0.5, 0.6) is 0 Å². The molecule has 0 radical (unpaired) electrons. The van der Waals surface area contributed by atoms with E-state index >= 15 is 0 Å². The maximum Gasteiger partial charge on any atom is 0.153 e. The molecule has 1 aromatic rings. The first-order valence-corrected chi connectivity index (χ1v) is 7.87. The number of aromatic nitrogens is 1. The molecule has 0 unspecified atom stereocenters. The predicted molar refractivity (Wildman–Crippen MR) is 72.5 cm³/mol. The minimum absolute atomic E-state index is 0.200. The van der Waals surface area contributed by atoms with Crippen LogP contribution in [0.15, 0.2) is 6.07 Å². The zero-order chi connectivity index (χ0) is 13.3. The Balaban J connectivity index is 2.34. The summed E-state index contributed by atoms with van der Waals surface area (Å²) in [5, 5.41) is 0. The molecule has 18 heavy (non-hydrogen) atoms. The first kappa shape index (κ1) is 13.3. The lowest BCUT2D eigenvalue weighted by Gasteiger charge is -2.30. The zero-order valence-electron chi connectivity index (χ0n) is 10.8. The van der Waals surface area contributed by atoms with Gasteiger partial charge in [0.15, 0.2) is 9.84 Å². The topological polar surface area (TPSA) is 76.3 Å². The summed E-state index contributed by atoms with van der Waals surface area (Å²) in [6, 6.07) is 2.01. The normalized spacial score (nSPS) is 18.9. The number of pyridine rings is 1. The minimum atomic E-state index is -2.86. The molecule has 0 spiro atoms. The first-order chi connectivity index (χ1) is 8.43. The average Bonchev–Trinajstić information content (AvgIpc) is 2.28. The smallest absolute Gasteiger partial charge is 0.153 e. The van der Waals surface area contributed by atoms with Crippen molar-refractivity contribution >= 4 is 15.7 Å². The fourth-order valence-electron chi connectivity index (χ4n) is 2.28.